The Kier molecular flexibility index (Phi) is 6.61. The first-order chi connectivity index (χ1) is 31.8. The molecule has 0 bridgehead atoms. The first kappa shape index (κ1) is 34.2. The van der Waals surface area contributed by atoms with Gasteiger partial charge >= 0.3 is 0 Å². The fraction of sp³-hybridized carbons (Fsp3) is 0.0164. The summed E-state index contributed by atoms with van der Waals surface area (Å²) in [6, 6.07) is 80.6. The van der Waals surface area contributed by atoms with E-state index in [2.05, 4.69) is 228 Å². The number of para-hydroxylation sites is 3. The van der Waals surface area contributed by atoms with E-state index in [0.29, 0.717) is 0 Å². The third-order valence-electron chi connectivity index (χ3n) is 14.5. The minimum Gasteiger partial charge on any atom is -0.456 e. The van der Waals surface area contributed by atoms with Crippen molar-refractivity contribution in [3.63, 3.8) is 0 Å². The van der Waals surface area contributed by atoms with Crippen molar-refractivity contribution in [3.8, 4) is 44.8 Å². The Morgan fingerprint density at radius 2 is 0.922 bits per heavy atom. The lowest BCUT2D eigenvalue weighted by atomic mass is 9.70. The minimum atomic E-state index is -0.419. The van der Waals surface area contributed by atoms with Crippen molar-refractivity contribution >= 4 is 65.6 Å². The molecule has 0 saturated heterocycles. The van der Waals surface area contributed by atoms with Gasteiger partial charge in [-0.15, -0.1) is 0 Å². The normalized spacial score (nSPS) is 13.4. The molecule has 0 unspecified atom stereocenters. The van der Waals surface area contributed by atoms with Crippen LogP contribution in [0.25, 0.3) is 110 Å². The van der Waals surface area contributed by atoms with Crippen LogP contribution in [-0.4, -0.2) is 9.13 Å². The fourth-order valence-corrected chi connectivity index (χ4v) is 12.1. The van der Waals surface area contributed by atoms with Gasteiger partial charge in [-0.05, 0) is 111 Å². The molecule has 10 aromatic carbocycles. The van der Waals surface area contributed by atoms with Gasteiger partial charge in [-0.1, -0.05) is 158 Å². The van der Waals surface area contributed by atoms with Gasteiger partial charge in [0, 0.05) is 38.2 Å². The fourth-order valence-electron chi connectivity index (χ4n) is 12.1. The number of rotatable bonds is 3. The van der Waals surface area contributed by atoms with Crippen LogP contribution in [0.3, 0.4) is 0 Å². The molecule has 296 valence electrons. The van der Waals surface area contributed by atoms with Gasteiger partial charge in [0.15, 0.2) is 0 Å². The summed E-state index contributed by atoms with van der Waals surface area (Å²) in [4.78, 5) is 0. The molecule has 0 aliphatic heterocycles. The number of fused-ring (bicyclic) bond motifs is 20. The molecule has 0 N–H and O–H groups in total. The lowest BCUT2D eigenvalue weighted by molar-refractivity contribution is 0.669. The molecule has 2 aliphatic rings. The summed E-state index contributed by atoms with van der Waals surface area (Å²) >= 11 is 0. The van der Waals surface area contributed by atoms with E-state index in [9.17, 15) is 0 Å². The van der Waals surface area contributed by atoms with Crippen LogP contribution in [0, 0.1) is 0 Å². The highest BCUT2D eigenvalue weighted by Crippen LogP contribution is 2.64. The topological polar surface area (TPSA) is 23.0 Å². The van der Waals surface area contributed by atoms with Gasteiger partial charge in [0.05, 0.1) is 38.6 Å². The molecule has 0 radical (unpaired) electrons. The van der Waals surface area contributed by atoms with Gasteiger partial charge in [0.2, 0.25) is 0 Å². The van der Waals surface area contributed by atoms with E-state index in [-0.39, 0.29) is 0 Å². The van der Waals surface area contributed by atoms with Gasteiger partial charge in [0.1, 0.15) is 11.2 Å². The Morgan fingerprint density at radius 3 is 1.64 bits per heavy atom. The molecule has 0 amide bonds. The van der Waals surface area contributed by atoms with Crippen LogP contribution in [0.1, 0.15) is 22.3 Å². The zero-order valence-corrected chi connectivity index (χ0v) is 34.6. The summed E-state index contributed by atoms with van der Waals surface area (Å²) in [5.41, 5.74) is 21.4. The van der Waals surface area contributed by atoms with Gasteiger partial charge < -0.3 is 13.6 Å². The third kappa shape index (κ3) is 4.21. The molecule has 15 rings (SSSR count). The summed E-state index contributed by atoms with van der Waals surface area (Å²) in [5, 5.41) is 7.18. The summed E-state index contributed by atoms with van der Waals surface area (Å²) in [7, 11) is 0. The number of nitrogens with zero attached hydrogens (tertiary/aromatic N) is 2. The van der Waals surface area contributed by atoms with Crippen LogP contribution in [0.2, 0.25) is 0 Å². The van der Waals surface area contributed by atoms with E-state index in [1.54, 1.807) is 0 Å². The van der Waals surface area contributed by atoms with E-state index in [0.717, 1.165) is 38.9 Å². The van der Waals surface area contributed by atoms with Crippen LogP contribution in [0.15, 0.2) is 223 Å². The van der Waals surface area contributed by atoms with Gasteiger partial charge in [-0.25, -0.2) is 0 Å². The van der Waals surface area contributed by atoms with Crippen LogP contribution >= 0.6 is 0 Å². The lowest BCUT2D eigenvalue weighted by Gasteiger charge is -2.30. The van der Waals surface area contributed by atoms with E-state index >= 15 is 0 Å². The van der Waals surface area contributed by atoms with E-state index in [1.807, 2.05) is 0 Å². The molecule has 64 heavy (non-hydrogen) atoms. The number of benzene rings is 10. The average molecular weight is 813 g/mol. The molecule has 3 heteroatoms. The quantitative estimate of drug-likeness (QED) is 0.174. The van der Waals surface area contributed by atoms with Gasteiger partial charge in [0.25, 0.3) is 0 Å². The summed E-state index contributed by atoms with van der Waals surface area (Å²) in [6.45, 7) is 0. The maximum absolute atomic E-state index is 6.62. The van der Waals surface area contributed by atoms with Crippen molar-refractivity contribution in [1.82, 2.24) is 9.13 Å². The van der Waals surface area contributed by atoms with E-state index in [1.165, 1.54) is 93.7 Å². The second-order valence-corrected chi connectivity index (χ2v) is 17.5. The maximum Gasteiger partial charge on any atom is 0.137 e. The van der Waals surface area contributed by atoms with Crippen molar-refractivity contribution < 1.29 is 4.42 Å². The smallest absolute Gasteiger partial charge is 0.137 e. The highest BCUT2D eigenvalue weighted by Gasteiger charge is 2.52. The molecular weight excluding hydrogens is 777 g/mol. The molecule has 13 aromatic rings. The second-order valence-electron chi connectivity index (χ2n) is 17.5. The second kappa shape index (κ2) is 12.4. The summed E-state index contributed by atoms with van der Waals surface area (Å²) in [6.07, 6.45) is 0. The van der Waals surface area contributed by atoms with E-state index in [4.69, 9.17) is 4.42 Å². The van der Waals surface area contributed by atoms with Crippen LogP contribution < -0.4 is 0 Å². The lowest BCUT2D eigenvalue weighted by Crippen LogP contribution is -2.25. The molecule has 2 aliphatic carbocycles. The van der Waals surface area contributed by atoms with Crippen molar-refractivity contribution in [2.45, 2.75) is 5.41 Å². The highest BCUT2D eigenvalue weighted by atomic mass is 16.3. The Bertz CT molecular complexity index is 4040. The Balaban J connectivity index is 0.990. The zero-order valence-electron chi connectivity index (χ0n) is 34.6. The van der Waals surface area contributed by atoms with Crippen LogP contribution in [-0.2, 0) is 5.41 Å². The first-order valence-corrected chi connectivity index (χ1v) is 22.2. The Labute approximate surface area is 368 Å². The van der Waals surface area contributed by atoms with Crippen molar-refractivity contribution in [3.05, 3.63) is 241 Å². The standard InChI is InChI=1S/C61H36N2O/c1-2-15-39(16-3-1)62-54-33-29-37(38-30-34-56-47(36-38)59-55(27-14-28-57(59)64-56)63-52-25-12-7-19-42(52)43-20-8-13-26-53(43)63)35-46(54)44-31-32-51-58(60(44)62)45-21-6-11-24-50(45)61(51)48-22-9-4-17-40(48)41-18-5-10-23-49(41)61/h1-36H. The monoisotopic (exact) mass is 812 g/mol. The number of hydrogen-bond donors (Lipinski definition) is 0. The molecular formula is C61H36N2O. The summed E-state index contributed by atoms with van der Waals surface area (Å²) < 4.78 is 11.5. The third-order valence-corrected chi connectivity index (χ3v) is 14.5. The van der Waals surface area contributed by atoms with Crippen molar-refractivity contribution in [1.29, 1.82) is 0 Å². The van der Waals surface area contributed by atoms with Crippen LogP contribution in [0.4, 0.5) is 0 Å². The predicted octanol–water partition coefficient (Wildman–Crippen LogP) is 15.8. The Hall–Kier alpha value is -8.40. The summed E-state index contributed by atoms with van der Waals surface area (Å²) in [5.74, 6) is 0. The number of aromatic nitrogens is 2. The molecule has 3 heterocycles. The molecule has 1 spiro atoms. The van der Waals surface area contributed by atoms with Gasteiger partial charge in [-0.3, -0.25) is 0 Å². The minimum absolute atomic E-state index is 0.419. The Morgan fingerprint density at radius 1 is 0.344 bits per heavy atom. The molecule has 0 atom stereocenters. The van der Waals surface area contributed by atoms with Crippen molar-refractivity contribution in [2.75, 3.05) is 0 Å². The van der Waals surface area contributed by atoms with Crippen LogP contribution in [0.5, 0.6) is 0 Å². The van der Waals surface area contributed by atoms with Crippen molar-refractivity contribution in [2.24, 2.45) is 0 Å². The maximum atomic E-state index is 6.62. The number of hydrogen-bond acceptors (Lipinski definition) is 1. The highest BCUT2D eigenvalue weighted by molar-refractivity contribution is 6.18. The predicted molar refractivity (Wildman–Crippen MR) is 264 cm³/mol. The zero-order chi connectivity index (χ0) is 41.7. The molecule has 0 fully saturated rings. The van der Waals surface area contributed by atoms with E-state index < -0.39 is 5.41 Å². The largest absolute Gasteiger partial charge is 0.456 e. The molecule has 0 saturated carbocycles. The number of furan rings is 1. The van der Waals surface area contributed by atoms with Gasteiger partial charge in [-0.2, -0.15) is 0 Å². The molecule has 3 nitrogen and oxygen atoms in total. The molecule has 3 aromatic heterocycles. The SMILES string of the molecule is c1ccc(-n2c3ccc(-c4ccc5oc6cccc(-n7c8ccccc8c8ccccc87)c6c5c4)cc3c3ccc4c(c32)-c2ccccc2C42c3ccccc3-c3ccccc32)cc1. The average Bonchev–Trinajstić information content (AvgIpc) is 4.15. The first-order valence-electron chi connectivity index (χ1n) is 22.2.